The molecule has 0 fully saturated rings. The largest absolute Gasteiger partial charge is 0.477 e. The fraction of sp³-hybridized carbons (Fsp3) is 0.667. The molecule has 2 N–H and O–H groups in total. The van der Waals surface area contributed by atoms with Crippen molar-refractivity contribution >= 4 is 5.82 Å². The molecule has 0 aliphatic carbocycles. The van der Waals surface area contributed by atoms with Gasteiger partial charge in [0.2, 0.25) is 5.88 Å². The Morgan fingerprint density at radius 2 is 2.24 bits per heavy atom. The molecule has 0 spiro atoms. The number of nitrogens with two attached hydrogens (primary N) is 1. The van der Waals surface area contributed by atoms with Crippen LogP contribution >= 0.6 is 0 Å². The maximum atomic E-state index is 5.61. The lowest BCUT2D eigenvalue weighted by Crippen LogP contribution is -2.28. The van der Waals surface area contributed by atoms with Gasteiger partial charge in [-0.3, -0.25) is 4.98 Å². The zero-order chi connectivity index (χ0) is 12.7. The summed E-state index contributed by atoms with van der Waals surface area (Å²) in [6, 6.07) is 0. The molecule has 96 valence electrons. The normalized spacial score (nSPS) is 12.2. The van der Waals surface area contributed by atoms with E-state index in [-0.39, 0.29) is 0 Å². The molecule has 1 heterocycles. The maximum absolute atomic E-state index is 5.61. The first-order chi connectivity index (χ1) is 8.17. The second kappa shape index (κ2) is 7.06. The Morgan fingerprint density at radius 3 is 2.88 bits per heavy atom. The average molecular weight is 238 g/mol. The summed E-state index contributed by atoms with van der Waals surface area (Å²) in [4.78, 5) is 10.6. The van der Waals surface area contributed by atoms with Gasteiger partial charge in [-0.05, 0) is 18.9 Å². The quantitative estimate of drug-likeness (QED) is 0.775. The van der Waals surface area contributed by atoms with E-state index < -0.39 is 0 Å². The number of hydrogen-bond donors (Lipinski definition) is 1. The highest BCUT2D eigenvalue weighted by Gasteiger charge is 2.08. The Kier molecular flexibility index (Phi) is 5.69. The van der Waals surface area contributed by atoms with Crippen LogP contribution in [0.5, 0.6) is 5.88 Å². The van der Waals surface area contributed by atoms with Crippen molar-refractivity contribution in [2.24, 2.45) is 11.7 Å². The van der Waals surface area contributed by atoms with Crippen molar-refractivity contribution in [3.63, 3.8) is 0 Å². The van der Waals surface area contributed by atoms with Gasteiger partial charge in [0.1, 0.15) is 0 Å². The van der Waals surface area contributed by atoms with Gasteiger partial charge in [0.05, 0.1) is 19.0 Å². The van der Waals surface area contributed by atoms with Crippen molar-refractivity contribution in [3.8, 4) is 5.88 Å². The summed E-state index contributed by atoms with van der Waals surface area (Å²) < 4.78 is 5.45. The molecular formula is C12H22N4O. The topological polar surface area (TPSA) is 64.3 Å². The van der Waals surface area contributed by atoms with Crippen LogP contribution in [0.1, 0.15) is 20.3 Å². The smallest absolute Gasteiger partial charge is 0.234 e. The van der Waals surface area contributed by atoms with Gasteiger partial charge in [-0.2, -0.15) is 4.98 Å². The second-order valence-corrected chi connectivity index (χ2v) is 4.29. The minimum atomic E-state index is 0.432. The predicted octanol–water partition coefficient (Wildman–Crippen LogP) is 1.30. The number of rotatable bonds is 7. The molecule has 0 aliphatic heterocycles. The van der Waals surface area contributed by atoms with E-state index in [9.17, 15) is 0 Å². The molecule has 0 aromatic carbocycles. The monoisotopic (exact) mass is 238 g/mol. The molecule has 1 rings (SSSR count). The van der Waals surface area contributed by atoms with Crippen molar-refractivity contribution in [2.45, 2.75) is 20.3 Å². The van der Waals surface area contributed by atoms with E-state index >= 15 is 0 Å². The summed E-state index contributed by atoms with van der Waals surface area (Å²) in [5.41, 5.74) is 5.61. The van der Waals surface area contributed by atoms with E-state index in [0.717, 1.165) is 18.8 Å². The summed E-state index contributed by atoms with van der Waals surface area (Å²) in [5.74, 6) is 1.83. The van der Waals surface area contributed by atoms with Crippen LogP contribution in [-0.4, -0.2) is 36.7 Å². The van der Waals surface area contributed by atoms with Crippen molar-refractivity contribution in [2.75, 3.05) is 31.6 Å². The van der Waals surface area contributed by atoms with E-state index in [1.54, 1.807) is 12.4 Å². The molecular weight excluding hydrogens is 216 g/mol. The van der Waals surface area contributed by atoms with Gasteiger partial charge in [-0.15, -0.1) is 0 Å². The Labute approximate surface area is 103 Å². The van der Waals surface area contributed by atoms with E-state index in [1.165, 1.54) is 0 Å². The zero-order valence-electron chi connectivity index (χ0n) is 10.9. The Hall–Kier alpha value is -1.36. The van der Waals surface area contributed by atoms with E-state index in [2.05, 4.69) is 23.8 Å². The van der Waals surface area contributed by atoms with Gasteiger partial charge in [0.25, 0.3) is 0 Å². The first-order valence-electron chi connectivity index (χ1n) is 6.03. The molecule has 1 aromatic rings. The van der Waals surface area contributed by atoms with Gasteiger partial charge < -0.3 is 15.4 Å². The fourth-order valence-electron chi connectivity index (χ4n) is 1.43. The Balaban J connectivity index is 2.63. The van der Waals surface area contributed by atoms with Gasteiger partial charge in [0.15, 0.2) is 5.82 Å². The highest BCUT2D eigenvalue weighted by molar-refractivity contribution is 5.36. The van der Waals surface area contributed by atoms with Crippen LogP contribution in [0.4, 0.5) is 5.82 Å². The molecule has 1 atom stereocenters. The van der Waals surface area contributed by atoms with Gasteiger partial charge in [-0.25, -0.2) is 0 Å². The molecule has 0 amide bonds. The van der Waals surface area contributed by atoms with Crippen molar-refractivity contribution < 1.29 is 4.74 Å². The van der Waals surface area contributed by atoms with E-state index in [0.29, 0.717) is 24.9 Å². The Bertz CT molecular complexity index is 332. The highest BCUT2D eigenvalue weighted by Crippen LogP contribution is 2.13. The van der Waals surface area contributed by atoms with Gasteiger partial charge in [0, 0.05) is 13.6 Å². The van der Waals surface area contributed by atoms with Crippen LogP contribution in [-0.2, 0) is 0 Å². The molecule has 0 aliphatic rings. The van der Waals surface area contributed by atoms with Crippen molar-refractivity contribution in [1.29, 1.82) is 0 Å². The van der Waals surface area contributed by atoms with E-state index in [4.69, 9.17) is 10.5 Å². The van der Waals surface area contributed by atoms with Crippen molar-refractivity contribution in [3.05, 3.63) is 12.4 Å². The molecule has 0 saturated carbocycles. The van der Waals surface area contributed by atoms with Crippen LogP contribution in [0.3, 0.4) is 0 Å². The summed E-state index contributed by atoms with van der Waals surface area (Å²) in [6.07, 6.45) is 4.34. The second-order valence-electron chi connectivity index (χ2n) is 4.29. The minimum Gasteiger partial charge on any atom is -0.477 e. The van der Waals surface area contributed by atoms with Crippen LogP contribution in [0.2, 0.25) is 0 Å². The molecule has 0 radical (unpaired) electrons. The number of aromatic nitrogens is 2. The highest BCUT2D eigenvalue weighted by atomic mass is 16.5. The van der Waals surface area contributed by atoms with Gasteiger partial charge in [-0.1, -0.05) is 13.8 Å². The molecule has 0 saturated heterocycles. The molecule has 0 bridgehead atoms. The molecule has 1 unspecified atom stereocenters. The Morgan fingerprint density at radius 1 is 1.47 bits per heavy atom. The summed E-state index contributed by atoms with van der Waals surface area (Å²) >= 11 is 0. The average Bonchev–Trinajstić information content (AvgIpc) is 2.36. The summed E-state index contributed by atoms with van der Waals surface area (Å²) in [7, 11) is 1.99. The number of hydrogen-bond acceptors (Lipinski definition) is 5. The van der Waals surface area contributed by atoms with Crippen LogP contribution in [0.15, 0.2) is 12.4 Å². The SMILES string of the molecule is CCCOc1cncc(N(C)CC(C)CN)n1. The molecule has 17 heavy (non-hydrogen) atoms. The minimum absolute atomic E-state index is 0.432. The number of anilines is 1. The number of ether oxygens (including phenoxy) is 1. The molecule has 1 aromatic heterocycles. The fourth-order valence-corrected chi connectivity index (χ4v) is 1.43. The van der Waals surface area contributed by atoms with Crippen LogP contribution < -0.4 is 15.4 Å². The number of nitrogens with zero attached hydrogens (tertiary/aromatic N) is 3. The summed E-state index contributed by atoms with van der Waals surface area (Å²) in [6.45, 7) is 6.38. The predicted molar refractivity (Wildman–Crippen MR) is 69.3 cm³/mol. The van der Waals surface area contributed by atoms with Crippen LogP contribution in [0.25, 0.3) is 0 Å². The lowest BCUT2D eigenvalue weighted by atomic mass is 10.2. The van der Waals surface area contributed by atoms with E-state index in [1.807, 2.05) is 11.9 Å². The molecule has 5 heteroatoms. The first-order valence-corrected chi connectivity index (χ1v) is 6.03. The third-order valence-electron chi connectivity index (χ3n) is 2.43. The summed E-state index contributed by atoms with van der Waals surface area (Å²) in [5, 5.41) is 0. The standard InChI is InChI=1S/C12H22N4O/c1-4-5-17-12-8-14-7-11(15-12)16(3)9-10(2)6-13/h7-8,10H,4-6,9,13H2,1-3H3. The first kappa shape index (κ1) is 13.7. The van der Waals surface area contributed by atoms with Gasteiger partial charge >= 0.3 is 0 Å². The molecule has 5 nitrogen and oxygen atoms in total. The van der Waals surface area contributed by atoms with Crippen LogP contribution in [0, 0.1) is 5.92 Å². The van der Waals surface area contributed by atoms with Crippen molar-refractivity contribution in [1.82, 2.24) is 9.97 Å². The zero-order valence-corrected chi connectivity index (χ0v) is 10.9. The third-order valence-corrected chi connectivity index (χ3v) is 2.43. The maximum Gasteiger partial charge on any atom is 0.234 e. The third kappa shape index (κ3) is 4.56. The lowest BCUT2D eigenvalue weighted by molar-refractivity contribution is 0.304. The lowest BCUT2D eigenvalue weighted by Gasteiger charge is -2.21.